The number of hydrogen-bond donors (Lipinski definition) is 2. The van der Waals surface area contributed by atoms with Crippen LogP contribution in [-0.2, 0) is 4.79 Å². The van der Waals surface area contributed by atoms with Crippen molar-refractivity contribution >= 4 is 28.9 Å². The first kappa shape index (κ1) is 25.7. The zero-order valence-electron chi connectivity index (χ0n) is 21.8. The molecular weight excluding hydrogens is 489 g/mol. The minimum Gasteiger partial charge on any atom is -0.478 e. The molecule has 2 N–H and O–H groups in total. The van der Waals surface area contributed by atoms with Crippen LogP contribution in [0.15, 0.2) is 48.3 Å². The lowest BCUT2D eigenvalue weighted by Gasteiger charge is -2.40. The molecule has 200 valence electrons. The van der Waals surface area contributed by atoms with Gasteiger partial charge in [0.15, 0.2) is 5.75 Å². The number of ether oxygens (including phenoxy) is 2. The molecule has 10 heteroatoms. The lowest BCUT2D eigenvalue weighted by Crippen LogP contribution is -2.52. The molecule has 1 fully saturated rings. The second-order valence-electron chi connectivity index (χ2n) is 9.81. The van der Waals surface area contributed by atoms with Crippen molar-refractivity contribution in [3.8, 4) is 11.6 Å². The lowest BCUT2D eigenvalue weighted by molar-refractivity contribution is -0.117. The molecule has 5 rings (SSSR count). The highest BCUT2D eigenvalue weighted by atomic mass is 19.1. The summed E-state index contributed by atoms with van der Waals surface area (Å²) in [7, 11) is 1.37. The number of halogens is 1. The Labute approximate surface area is 221 Å². The maximum Gasteiger partial charge on any atom is 0.420 e. The standard InChI is InChI=1S/C28H32FN5O4/c1-17-16-33(28(36)38-26-14-20(29)15-30-27(26)37-3)25-13-19(9-12-24(25)34(17)18(2)35)22-7-5-4-6-8-23(22)32-31-21-10-11-21/h5,7,9,12-15,17,21,31-32H,4,6,8,10-11,16H2,1-3H3/t17-/m0/s1. The summed E-state index contributed by atoms with van der Waals surface area (Å²) in [5, 5.41) is 0. The zero-order valence-corrected chi connectivity index (χ0v) is 21.8. The first-order chi connectivity index (χ1) is 18.4. The average Bonchev–Trinajstić information content (AvgIpc) is 3.74. The van der Waals surface area contributed by atoms with Crippen molar-refractivity contribution in [2.24, 2.45) is 0 Å². The van der Waals surface area contributed by atoms with Gasteiger partial charge < -0.3 is 19.8 Å². The Kier molecular flexibility index (Phi) is 7.33. The molecule has 0 saturated heterocycles. The number of rotatable bonds is 6. The predicted octanol–water partition coefficient (Wildman–Crippen LogP) is 4.70. The van der Waals surface area contributed by atoms with E-state index in [0.717, 1.165) is 61.2 Å². The van der Waals surface area contributed by atoms with Gasteiger partial charge >= 0.3 is 6.09 Å². The molecule has 0 bridgehead atoms. The third kappa shape index (κ3) is 5.35. The van der Waals surface area contributed by atoms with Crippen LogP contribution in [0.2, 0.25) is 0 Å². The van der Waals surface area contributed by atoms with Crippen molar-refractivity contribution in [3.05, 3.63) is 59.7 Å². The molecule has 0 unspecified atom stereocenters. The van der Waals surface area contributed by atoms with E-state index in [-0.39, 0.29) is 30.1 Å². The first-order valence-electron chi connectivity index (χ1n) is 12.9. The molecule has 1 aromatic heterocycles. The summed E-state index contributed by atoms with van der Waals surface area (Å²) in [5.74, 6) is -0.904. The van der Waals surface area contributed by atoms with Crippen molar-refractivity contribution in [3.63, 3.8) is 0 Å². The number of anilines is 2. The van der Waals surface area contributed by atoms with Gasteiger partial charge in [-0.3, -0.25) is 9.69 Å². The van der Waals surface area contributed by atoms with Gasteiger partial charge in [0.25, 0.3) is 5.88 Å². The number of aromatic nitrogens is 1. The molecule has 0 spiro atoms. The molecular formula is C28H32FN5O4. The van der Waals surface area contributed by atoms with Gasteiger partial charge in [0.1, 0.15) is 5.82 Å². The number of nitrogens with one attached hydrogen (secondary N) is 2. The van der Waals surface area contributed by atoms with Gasteiger partial charge in [0.2, 0.25) is 5.91 Å². The largest absolute Gasteiger partial charge is 0.478 e. The van der Waals surface area contributed by atoms with Crippen LogP contribution in [0.25, 0.3) is 5.57 Å². The van der Waals surface area contributed by atoms with Gasteiger partial charge in [0.05, 0.1) is 30.7 Å². The molecule has 9 nitrogen and oxygen atoms in total. The summed E-state index contributed by atoms with van der Waals surface area (Å²) in [6.07, 6.45) is 9.72. The van der Waals surface area contributed by atoms with Gasteiger partial charge in [-0.1, -0.05) is 18.2 Å². The van der Waals surface area contributed by atoms with E-state index >= 15 is 0 Å². The smallest absolute Gasteiger partial charge is 0.420 e. The second kappa shape index (κ2) is 10.8. The SMILES string of the molecule is COc1ncc(F)cc1OC(=O)N1C[C@H](C)N(C(C)=O)c2ccc(C3=C(NNC4CC4)CCCC=C3)cc21. The van der Waals surface area contributed by atoms with Crippen molar-refractivity contribution < 1.29 is 23.5 Å². The highest BCUT2D eigenvalue weighted by molar-refractivity contribution is 6.03. The van der Waals surface area contributed by atoms with Crippen LogP contribution < -0.4 is 30.1 Å². The molecule has 2 heterocycles. The van der Waals surface area contributed by atoms with E-state index in [9.17, 15) is 14.0 Å². The second-order valence-corrected chi connectivity index (χ2v) is 9.81. The fourth-order valence-corrected chi connectivity index (χ4v) is 4.88. The number of fused-ring (bicyclic) bond motifs is 1. The average molecular weight is 522 g/mol. The summed E-state index contributed by atoms with van der Waals surface area (Å²) < 4.78 is 24.6. The Balaban J connectivity index is 1.54. The summed E-state index contributed by atoms with van der Waals surface area (Å²) in [4.78, 5) is 33.1. The molecule has 1 atom stereocenters. The van der Waals surface area contributed by atoms with E-state index in [0.29, 0.717) is 17.4 Å². The number of methoxy groups -OCH3 is 1. The topological polar surface area (TPSA) is 96.0 Å². The number of carbonyl (C=O) groups is 2. The lowest BCUT2D eigenvalue weighted by atomic mass is 9.98. The summed E-state index contributed by atoms with van der Waals surface area (Å²) >= 11 is 0. The Morgan fingerprint density at radius 1 is 1.18 bits per heavy atom. The molecule has 2 aromatic rings. The van der Waals surface area contributed by atoms with E-state index in [4.69, 9.17) is 9.47 Å². The molecule has 38 heavy (non-hydrogen) atoms. The van der Waals surface area contributed by atoms with Gasteiger partial charge in [-0.05, 0) is 56.7 Å². The Bertz CT molecular complexity index is 1310. The summed E-state index contributed by atoms with van der Waals surface area (Å²) in [5.41, 5.74) is 11.0. The van der Waals surface area contributed by atoms with E-state index in [2.05, 4.69) is 28.0 Å². The number of amides is 2. The minimum absolute atomic E-state index is 0.00299. The van der Waals surface area contributed by atoms with Crippen molar-refractivity contribution in [1.29, 1.82) is 0 Å². The number of hydrogen-bond acceptors (Lipinski definition) is 7. The Morgan fingerprint density at radius 3 is 2.74 bits per heavy atom. The third-order valence-corrected chi connectivity index (χ3v) is 6.87. The maximum atomic E-state index is 13.9. The third-order valence-electron chi connectivity index (χ3n) is 6.87. The van der Waals surface area contributed by atoms with Crippen LogP contribution in [0.5, 0.6) is 11.6 Å². The molecule has 2 aliphatic carbocycles. The summed E-state index contributed by atoms with van der Waals surface area (Å²) in [6.45, 7) is 3.57. The normalized spacial score (nSPS) is 19.1. The zero-order chi connectivity index (χ0) is 26.8. The fraction of sp³-hybridized carbons (Fsp3) is 0.393. The number of carbonyl (C=O) groups excluding carboxylic acids is 2. The highest BCUT2D eigenvalue weighted by Crippen LogP contribution is 2.40. The molecule has 2 amide bonds. The predicted molar refractivity (Wildman–Crippen MR) is 142 cm³/mol. The highest BCUT2D eigenvalue weighted by Gasteiger charge is 2.35. The molecule has 0 radical (unpaired) electrons. The number of allylic oxidation sites excluding steroid dienone is 4. The number of pyridine rings is 1. The van der Waals surface area contributed by atoms with Crippen LogP contribution in [0.1, 0.15) is 51.5 Å². The number of nitrogens with zero attached hydrogens (tertiary/aromatic N) is 3. The van der Waals surface area contributed by atoms with Gasteiger partial charge in [-0.2, -0.15) is 0 Å². The number of benzene rings is 1. The molecule has 1 aromatic carbocycles. The monoisotopic (exact) mass is 521 g/mol. The first-order valence-corrected chi connectivity index (χ1v) is 12.9. The van der Waals surface area contributed by atoms with Crippen molar-refractivity contribution in [2.75, 3.05) is 23.5 Å². The van der Waals surface area contributed by atoms with E-state index in [1.54, 1.807) is 4.90 Å². The van der Waals surface area contributed by atoms with Crippen molar-refractivity contribution in [1.82, 2.24) is 15.8 Å². The van der Waals surface area contributed by atoms with Gasteiger partial charge in [-0.25, -0.2) is 19.6 Å². The minimum atomic E-state index is -0.719. The molecule has 3 aliphatic rings. The van der Waals surface area contributed by atoms with E-state index in [1.165, 1.54) is 18.9 Å². The van der Waals surface area contributed by atoms with Crippen LogP contribution in [0.3, 0.4) is 0 Å². The van der Waals surface area contributed by atoms with Crippen LogP contribution in [-0.4, -0.2) is 42.7 Å². The fourth-order valence-electron chi connectivity index (χ4n) is 4.88. The van der Waals surface area contributed by atoms with Crippen LogP contribution in [0, 0.1) is 5.82 Å². The quantitative estimate of drug-likeness (QED) is 0.532. The van der Waals surface area contributed by atoms with Gasteiger partial charge in [0, 0.05) is 36.8 Å². The van der Waals surface area contributed by atoms with E-state index in [1.807, 2.05) is 25.1 Å². The molecule has 1 saturated carbocycles. The van der Waals surface area contributed by atoms with Crippen LogP contribution >= 0.6 is 0 Å². The van der Waals surface area contributed by atoms with E-state index < -0.39 is 11.9 Å². The van der Waals surface area contributed by atoms with Crippen LogP contribution in [0.4, 0.5) is 20.6 Å². The number of hydrazine groups is 1. The molecule has 1 aliphatic heterocycles. The van der Waals surface area contributed by atoms with Crippen molar-refractivity contribution in [2.45, 2.75) is 58.0 Å². The summed E-state index contributed by atoms with van der Waals surface area (Å²) in [6, 6.07) is 6.99. The maximum absolute atomic E-state index is 13.9. The van der Waals surface area contributed by atoms with Gasteiger partial charge in [-0.15, -0.1) is 0 Å². The Hall–Kier alpha value is -3.92. The Morgan fingerprint density at radius 2 is 2.00 bits per heavy atom.